The van der Waals surface area contributed by atoms with Crippen LogP contribution in [-0.2, 0) is 16.6 Å². The second kappa shape index (κ2) is 5.84. The highest BCUT2D eigenvalue weighted by Crippen LogP contribution is 2.38. The van der Waals surface area contributed by atoms with E-state index in [9.17, 15) is 8.42 Å². The van der Waals surface area contributed by atoms with E-state index in [2.05, 4.69) is 22.4 Å². The number of ether oxygens (including phenoxy) is 1. The molecule has 1 atom stereocenters. The minimum Gasteiger partial charge on any atom is -0.483 e. The Bertz CT molecular complexity index is 835. The van der Waals surface area contributed by atoms with Crippen LogP contribution in [0.25, 0.3) is 0 Å². The van der Waals surface area contributed by atoms with Crippen LogP contribution < -0.4 is 4.74 Å². The highest BCUT2D eigenvalue weighted by Gasteiger charge is 2.46. The first-order valence-corrected chi connectivity index (χ1v) is 10.3. The number of thiophene rings is 1. The summed E-state index contributed by atoms with van der Waals surface area (Å²) in [6.45, 7) is 2.92. The molecule has 24 heavy (non-hydrogen) atoms. The van der Waals surface area contributed by atoms with Crippen LogP contribution in [0.4, 0.5) is 0 Å². The second-order valence-electron chi connectivity index (χ2n) is 6.53. The Morgan fingerprint density at radius 2 is 2.04 bits per heavy atom. The quantitative estimate of drug-likeness (QED) is 0.821. The Labute approximate surface area is 146 Å². The molecule has 1 aromatic heterocycles. The topological polar surface area (TPSA) is 49.9 Å². The van der Waals surface area contributed by atoms with Crippen molar-refractivity contribution in [2.45, 2.75) is 23.5 Å². The third-order valence-corrected chi connectivity index (χ3v) is 7.43. The molecule has 0 amide bonds. The van der Waals surface area contributed by atoms with Crippen LogP contribution in [0.5, 0.6) is 5.75 Å². The fourth-order valence-corrected chi connectivity index (χ4v) is 5.67. The molecule has 1 spiro atoms. The largest absolute Gasteiger partial charge is 0.483 e. The lowest BCUT2D eigenvalue weighted by atomic mass is 10.0. The molecule has 0 N–H and O–H groups in total. The van der Waals surface area contributed by atoms with Crippen LogP contribution in [0.1, 0.15) is 11.3 Å². The molecule has 3 heterocycles. The first kappa shape index (κ1) is 16.1. The number of fused-ring (bicyclic) bond motifs is 1. The van der Waals surface area contributed by atoms with Crippen LogP contribution in [0.15, 0.2) is 46.7 Å². The maximum absolute atomic E-state index is 12.7. The van der Waals surface area contributed by atoms with Crippen molar-refractivity contribution in [2.24, 2.45) is 0 Å². The summed E-state index contributed by atoms with van der Waals surface area (Å²) in [7, 11) is -1.85. The molecule has 7 heteroatoms. The molecule has 2 aliphatic rings. The molecule has 1 aromatic carbocycles. The van der Waals surface area contributed by atoms with Crippen LogP contribution in [0, 0.1) is 0 Å². The summed E-state index contributed by atoms with van der Waals surface area (Å²) < 4.78 is 33.2. The van der Waals surface area contributed by atoms with Crippen molar-refractivity contribution >= 4 is 21.4 Å². The van der Waals surface area contributed by atoms with Gasteiger partial charge in [0.15, 0.2) is 0 Å². The van der Waals surface area contributed by atoms with Crippen molar-refractivity contribution in [1.82, 2.24) is 9.21 Å². The van der Waals surface area contributed by atoms with E-state index in [-0.39, 0.29) is 4.90 Å². The third-order valence-electron chi connectivity index (χ3n) is 4.73. The molecule has 1 fully saturated rings. The molecular formula is C17H20N2O3S2. The molecule has 4 rings (SSSR count). The molecule has 0 aliphatic carbocycles. The minimum absolute atomic E-state index is 0.265. The van der Waals surface area contributed by atoms with Gasteiger partial charge in [-0.2, -0.15) is 4.31 Å². The zero-order valence-corrected chi connectivity index (χ0v) is 15.1. The van der Waals surface area contributed by atoms with Gasteiger partial charge in [-0.25, -0.2) is 8.42 Å². The second-order valence-corrected chi connectivity index (χ2v) is 9.58. The Morgan fingerprint density at radius 3 is 2.83 bits per heavy atom. The average molecular weight is 364 g/mol. The summed E-state index contributed by atoms with van der Waals surface area (Å²) in [5.74, 6) is 0.472. The molecule has 2 aliphatic heterocycles. The lowest BCUT2D eigenvalue weighted by Crippen LogP contribution is -2.47. The molecule has 1 saturated heterocycles. The maximum Gasteiger partial charge on any atom is 0.246 e. The van der Waals surface area contributed by atoms with Gasteiger partial charge in [-0.1, -0.05) is 18.2 Å². The SMILES string of the molecule is CN1C[C@@]2(CCN(Cc3cccs3)C2)Oc2ccccc2S1(=O)=O. The number of rotatable bonds is 2. The van der Waals surface area contributed by atoms with Gasteiger partial charge in [0.05, 0.1) is 6.54 Å². The molecule has 5 nitrogen and oxygen atoms in total. The van der Waals surface area contributed by atoms with Gasteiger partial charge in [-0.05, 0) is 23.6 Å². The van der Waals surface area contributed by atoms with E-state index in [1.807, 2.05) is 6.07 Å². The number of sulfonamides is 1. The highest BCUT2D eigenvalue weighted by atomic mass is 32.2. The fraction of sp³-hybridized carbons (Fsp3) is 0.412. The van der Waals surface area contributed by atoms with Gasteiger partial charge in [0.1, 0.15) is 16.2 Å². The van der Waals surface area contributed by atoms with Crippen molar-refractivity contribution < 1.29 is 13.2 Å². The average Bonchev–Trinajstić information content (AvgIpc) is 3.17. The molecule has 2 aromatic rings. The predicted octanol–water partition coefficient (Wildman–Crippen LogP) is 2.41. The molecule has 0 bridgehead atoms. The van der Waals surface area contributed by atoms with E-state index in [1.165, 1.54) is 9.18 Å². The van der Waals surface area contributed by atoms with Crippen LogP contribution in [0.2, 0.25) is 0 Å². The summed E-state index contributed by atoms with van der Waals surface area (Å²) in [4.78, 5) is 3.93. The van der Waals surface area contributed by atoms with E-state index < -0.39 is 15.6 Å². The number of nitrogens with zero attached hydrogens (tertiary/aromatic N) is 2. The van der Waals surface area contributed by atoms with Gasteiger partial charge in [-0.3, -0.25) is 4.90 Å². The van der Waals surface area contributed by atoms with Gasteiger partial charge >= 0.3 is 0 Å². The van der Waals surface area contributed by atoms with Crippen molar-refractivity contribution in [3.8, 4) is 5.75 Å². The van der Waals surface area contributed by atoms with Crippen molar-refractivity contribution in [3.63, 3.8) is 0 Å². The van der Waals surface area contributed by atoms with E-state index >= 15 is 0 Å². The first-order chi connectivity index (χ1) is 11.5. The Kier molecular flexibility index (Phi) is 3.91. The standard InChI is InChI=1S/C17H20N2O3S2/c1-18-12-17(8-9-19(13-17)11-14-5-4-10-23-14)22-15-6-2-3-7-16(15)24(18,20)21/h2-7,10H,8-9,11-13H2,1H3/t17-/m1/s1. The number of likely N-dealkylation sites (N-methyl/N-ethyl adjacent to an activating group) is 1. The van der Waals surface area contributed by atoms with Gasteiger partial charge in [-0.15, -0.1) is 11.3 Å². The summed E-state index contributed by atoms with van der Waals surface area (Å²) in [5.41, 5.74) is -0.480. The number of hydrogen-bond donors (Lipinski definition) is 0. The Hall–Kier alpha value is -1.41. The molecule has 0 saturated carbocycles. The lowest BCUT2D eigenvalue weighted by Gasteiger charge is -2.30. The molecule has 0 unspecified atom stereocenters. The first-order valence-electron chi connectivity index (χ1n) is 7.98. The van der Waals surface area contributed by atoms with Crippen molar-refractivity contribution in [3.05, 3.63) is 46.7 Å². The van der Waals surface area contributed by atoms with E-state index in [1.54, 1.807) is 36.6 Å². The number of likely N-dealkylation sites (tertiary alicyclic amines) is 1. The summed E-state index contributed by atoms with van der Waals surface area (Å²) >= 11 is 1.75. The molecular weight excluding hydrogens is 344 g/mol. The summed E-state index contributed by atoms with van der Waals surface area (Å²) in [6.07, 6.45) is 0.826. The van der Waals surface area contributed by atoms with Gasteiger partial charge in [0, 0.05) is 38.0 Å². The predicted molar refractivity (Wildman–Crippen MR) is 93.8 cm³/mol. The molecule has 0 radical (unpaired) electrons. The zero-order valence-electron chi connectivity index (χ0n) is 13.5. The van der Waals surface area contributed by atoms with Crippen molar-refractivity contribution in [2.75, 3.05) is 26.7 Å². The smallest absolute Gasteiger partial charge is 0.246 e. The van der Waals surface area contributed by atoms with Gasteiger partial charge < -0.3 is 4.74 Å². The van der Waals surface area contributed by atoms with E-state index in [4.69, 9.17) is 4.74 Å². The number of para-hydroxylation sites is 1. The zero-order chi connectivity index (χ0) is 16.8. The monoisotopic (exact) mass is 364 g/mol. The summed E-state index contributed by atoms with van der Waals surface area (Å²) in [6, 6.07) is 11.1. The van der Waals surface area contributed by atoms with Crippen LogP contribution in [-0.4, -0.2) is 49.9 Å². The van der Waals surface area contributed by atoms with E-state index in [0.717, 1.165) is 26.1 Å². The minimum atomic E-state index is -3.50. The summed E-state index contributed by atoms with van der Waals surface area (Å²) in [5, 5.41) is 2.08. The van der Waals surface area contributed by atoms with Gasteiger partial charge in [0.25, 0.3) is 0 Å². The van der Waals surface area contributed by atoms with E-state index in [0.29, 0.717) is 12.3 Å². The normalized spacial score (nSPS) is 26.9. The third kappa shape index (κ3) is 2.75. The highest BCUT2D eigenvalue weighted by molar-refractivity contribution is 7.89. The maximum atomic E-state index is 12.7. The van der Waals surface area contributed by atoms with Crippen LogP contribution in [0.3, 0.4) is 0 Å². The lowest BCUT2D eigenvalue weighted by molar-refractivity contribution is 0.0624. The van der Waals surface area contributed by atoms with Crippen LogP contribution >= 0.6 is 11.3 Å². The number of benzene rings is 1. The van der Waals surface area contributed by atoms with Crippen molar-refractivity contribution in [1.29, 1.82) is 0 Å². The fourth-order valence-electron chi connectivity index (χ4n) is 3.57. The molecule has 128 valence electrons. The van der Waals surface area contributed by atoms with Gasteiger partial charge in [0.2, 0.25) is 10.0 Å². The Morgan fingerprint density at radius 1 is 1.21 bits per heavy atom. The Balaban J connectivity index is 1.63. The number of hydrogen-bond acceptors (Lipinski definition) is 5.